The molecule has 1 unspecified atom stereocenters. The van der Waals surface area contributed by atoms with Gasteiger partial charge in [0, 0.05) is 5.54 Å². The molecular formula is C9H16N2O. The third-order valence-corrected chi connectivity index (χ3v) is 2.05. The van der Waals surface area contributed by atoms with E-state index in [0.717, 1.165) is 0 Å². The van der Waals surface area contributed by atoms with E-state index in [4.69, 9.17) is 0 Å². The van der Waals surface area contributed by atoms with Crippen LogP contribution in [-0.4, -0.2) is 22.4 Å². The lowest BCUT2D eigenvalue weighted by atomic mass is 10.0. The van der Waals surface area contributed by atoms with Crippen LogP contribution in [0, 0.1) is 0 Å². The highest BCUT2D eigenvalue weighted by Crippen LogP contribution is 2.24. The second-order valence-corrected chi connectivity index (χ2v) is 4.15. The van der Waals surface area contributed by atoms with Gasteiger partial charge < -0.3 is 10.2 Å². The molecule has 0 aromatic heterocycles. The minimum absolute atomic E-state index is 0.0370. The quantitative estimate of drug-likeness (QED) is 0.587. The van der Waals surface area contributed by atoms with Crippen molar-refractivity contribution in [3.8, 4) is 0 Å². The molecule has 0 saturated carbocycles. The van der Waals surface area contributed by atoms with E-state index in [-0.39, 0.29) is 17.5 Å². The van der Waals surface area contributed by atoms with Crippen LogP contribution >= 0.6 is 0 Å². The van der Waals surface area contributed by atoms with Crippen LogP contribution in [0.5, 0.6) is 0 Å². The molecule has 1 saturated heterocycles. The third kappa shape index (κ3) is 1.31. The summed E-state index contributed by atoms with van der Waals surface area (Å²) in [5.74, 6) is 0.745. The highest BCUT2D eigenvalue weighted by Gasteiger charge is 2.37. The number of nitrogens with zero attached hydrogens (tertiary/aromatic N) is 1. The molecule has 0 bridgehead atoms. The summed E-state index contributed by atoms with van der Waals surface area (Å²) in [6.07, 6.45) is 0. The van der Waals surface area contributed by atoms with Gasteiger partial charge in [-0.05, 0) is 27.7 Å². The Morgan fingerprint density at radius 1 is 1.50 bits per heavy atom. The second kappa shape index (κ2) is 2.51. The van der Waals surface area contributed by atoms with Crippen molar-refractivity contribution in [2.45, 2.75) is 39.3 Å². The minimum atomic E-state index is -0.0995. The summed E-state index contributed by atoms with van der Waals surface area (Å²) in [6.45, 7) is 11.9. The summed E-state index contributed by atoms with van der Waals surface area (Å²) in [7, 11) is 0. The highest BCUT2D eigenvalue weighted by molar-refractivity contribution is 5.85. The van der Waals surface area contributed by atoms with Gasteiger partial charge in [0.25, 0.3) is 0 Å². The largest absolute Gasteiger partial charge is 0.342 e. The zero-order valence-corrected chi connectivity index (χ0v) is 8.14. The first-order valence-corrected chi connectivity index (χ1v) is 4.13. The number of nitrogens with one attached hydrogen (secondary N) is 1. The first-order valence-electron chi connectivity index (χ1n) is 4.13. The van der Waals surface area contributed by atoms with E-state index >= 15 is 0 Å². The Hall–Kier alpha value is -0.990. The van der Waals surface area contributed by atoms with Crippen LogP contribution in [0.25, 0.3) is 0 Å². The van der Waals surface area contributed by atoms with E-state index in [1.807, 2.05) is 11.8 Å². The molecule has 12 heavy (non-hydrogen) atoms. The first kappa shape index (κ1) is 9.10. The number of carbonyl (C=O) groups excluding carboxylic acids is 1. The average molecular weight is 168 g/mol. The molecule has 1 aliphatic rings. The molecule has 1 atom stereocenters. The summed E-state index contributed by atoms with van der Waals surface area (Å²) < 4.78 is 0. The van der Waals surface area contributed by atoms with Gasteiger partial charge in [0.2, 0.25) is 5.91 Å². The molecule has 0 aromatic rings. The van der Waals surface area contributed by atoms with E-state index < -0.39 is 0 Å². The molecule has 0 spiro atoms. The van der Waals surface area contributed by atoms with Crippen LogP contribution in [0.2, 0.25) is 0 Å². The van der Waals surface area contributed by atoms with Gasteiger partial charge >= 0.3 is 0 Å². The Morgan fingerprint density at radius 2 is 2.00 bits per heavy atom. The normalized spacial score (nSPS) is 24.7. The number of carbonyl (C=O) groups is 1. The number of hydrogen-bond acceptors (Lipinski definition) is 2. The number of rotatable bonds is 0. The molecule has 1 fully saturated rings. The zero-order chi connectivity index (χ0) is 9.52. The fourth-order valence-corrected chi connectivity index (χ4v) is 1.64. The maximum absolute atomic E-state index is 11.2. The van der Waals surface area contributed by atoms with Crippen LogP contribution in [-0.2, 0) is 4.79 Å². The second-order valence-electron chi connectivity index (χ2n) is 4.15. The molecular weight excluding hydrogens is 152 g/mol. The predicted molar refractivity (Wildman–Crippen MR) is 48.3 cm³/mol. The van der Waals surface area contributed by atoms with E-state index in [9.17, 15) is 4.79 Å². The number of amides is 1. The van der Waals surface area contributed by atoms with E-state index in [2.05, 4.69) is 32.7 Å². The van der Waals surface area contributed by atoms with Crippen LogP contribution < -0.4 is 5.32 Å². The molecule has 1 N–H and O–H groups in total. The molecule has 1 amide bonds. The molecule has 0 aliphatic carbocycles. The van der Waals surface area contributed by atoms with Crippen molar-refractivity contribution < 1.29 is 4.79 Å². The van der Waals surface area contributed by atoms with Gasteiger partial charge in [-0.2, -0.15) is 0 Å². The van der Waals surface area contributed by atoms with Crippen LogP contribution in [0.15, 0.2) is 12.4 Å². The molecule has 3 heteroatoms. The first-order chi connectivity index (χ1) is 5.34. The van der Waals surface area contributed by atoms with Crippen molar-refractivity contribution >= 4 is 5.91 Å². The summed E-state index contributed by atoms with van der Waals surface area (Å²) in [5.41, 5.74) is -0.0460. The van der Waals surface area contributed by atoms with Crippen molar-refractivity contribution in [2.75, 3.05) is 0 Å². The van der Waals surface area contributed by atoms with Gasteiger partial charge in [-0.15, -0.1) is 0 Å². The molecule has 1 rings (SSSR count). The zero-order valence-electron chi connectivity index (χ0n) is 8.14. The van der Waals surface area contributed by atoms with Gasteiger partial charge in [-0.1, -0.05) is 6.58 Å². The number of hydrogen-bond donors (Lipinski definition) is 1. The maximum atomic E-state index is 11.2. The molecule has 0 radical (unpaired) electrons. The van der Waals surface area contributed by atoms with Crippen LogP contribution in [0.1, 0.15) is 27.7 Å². The topological polar surface area (TPSA) is 32.3 Å². The van der Waals surface area contributed by atoms with Crippen molar-refractivity contribution in [1.82, 2.24) is 10.2 Å². The fraction of sp³-hybridized carbons (Fsp3) is 0.667. The SMILES string of the molecule is C=C1NC(=O)C(C)N1C(C)(C)C. The molecule has 1 aliphatic heterocycles. The van der Waals surface area contributed by atoms with Gasteiger partial charge in [-0.25, -0.2) is 0 Å². The van der Waals surface area contributed by atoms with Crippen LogP contribution in [0.3, 0.4) is 0 Å². The summed E-state index contributed by atoms with van der Waals surface area (Å²) in [5, 5.41) is 2.72. The smallest absolute Gasteiger partial charge is 0.247 e. The average Bonchev–Trinajstić information content (AvgIpc) is 2.05. The highest BCUT2D eigenvalue weighted by atomic mass is 16.2. The lowest BCUT2D eigenvalue weighted by Gasteiger charge is -2.35. The Morgan fingerprint density at radius 3 is 2.17 bits per heavy atom. The Bertz CT molecular complexity index is 227. The van der Waals surface area contributed by atoms with Crippen molar-refractivity contribution in [3.63, 3.8) is 0 Å². The standard InChI is InChI=1S/C9H16N2O/c1-6-8(12)10-7(2)11(6)9(3,4)5/h6H,2H2,1,3-5H3,(H,10,12). The van der Waals surface area contributed by atoms with E-state index in [0.29, 0.717) is 5.82 Å². The van der Waals surface area contributed by atoms with Gasteiger partial charge in [-0.3, -0.25) is 4.79 Å². The van der Waals surface area contributed by atoms with Gasteiger partial charge in [0.1, 0.15) is 11.9 Å². The fourth-order valence-electron chi connectivity index (χ4n) is 1.64. The van der Waals surface area contributed by atoms with Crippen LogP contribution in [0.4, 0.5) is 0 Å². The minimum Gasteiger partial charge on any atom is -0.342 e. The van der Waals surface area contributed by atoms with Gasteiger partial charge in [0.15, 0.2) is 0 Å². The van der Waals surface area contributed by atoms with E-state index in [1.54, 1.807) is 0 Å². The Kier molecular flexibility index (Phi) is 1.90. The maximum Gasteiger partial charge on any atom is 0.247 e. The van der Waals surface area contributed by atoms with Crippen molar-refractivity contribution in [3.05, 3.63) is 12.4 Å². The molecule has 0 aromatic carbocycles. The molecule has 3 nitrogen and oxygen atoms in total. The van der Waals surface area contributed by atoms with Gasteiger partial charge in [0.05, 0.1) is 0 Å². The van der Waals surface area contributed by atoms with Crippen molar-refractivity contribution in [2.24, 2.45) is 0 Å². The predicted octanol–water partition coefficient (Wildman–Crippen LogP) is 1.08. The summed E-state index contributed by atoms with van der Waals surface area (Å²) in [6, 6.07) is -0.0995. The third-order valence-electron chi connectivity index (χ3n) is 2.05. The molecule has 1 heterocycles. The Balaban J connectivity index is 2.91. The lowest BCUT2D eigenvalue weighted by Crippen LogP contribution is -2.43. The molecule has 68 valence electrons. The lowest BCUT2D eigenvalue weighted by molar-refractivity contribution is -0.121. The summed E-state index contributed by atoms with van der Waals surface area (Å²) >= 11 is 0. The van der Waals surface area contributed by atoms with E-state index in [1.165, 1.54) is 0 Å². The monoisotopic (exact) mass is 168 g/mol. The van der Waals surface area contributed by atoms with Crippen molar-refractivity contribution in [1.29, 1.82) is 0 Å². The summed E-state index contributed by atoms with van der Waals surface area (Å²) in [4.78, 5) is 13.2. The Labute approximate surface area is 73.4 Å².